The first-order valence-corrected chi connectivity index (χ1v) is 11.7. The highest BCUT2D eigenvalue weighted by Crippen LogP contribution is 2.66. The molecule has 1 heteroatoms. The lowest BCUT2D eigenvalue weighted by molar-refractivity contribution is -0.137. The topological polar surface area (TPSA) is 17.1 Å². The minimum Gasteiger partial charge on any atom is -0.294 e. The van der Waals surface area contributed by atoms with Gasteiger partial charge in [0.05, 0.1) is 0 Å². The number of carbonyl (C=O) groups excluding carboxylic acids is 1. The van der Waals surface area contributed by atoms with Crippen LogP contribution < -0.4 is 0 Å². The summed E-state index contributed by atoms with van der Waals surface area (Å²) >= 11 is 0. The third-order valence-corrected chi connectivity index (χ3v) is 9.64. The molecule has 150 valence electrons. The number of fused-ring (bicyclic) bond motifs is 5. The first-order valence-electron chi connectivity index (χ1n) is 11.7. The second-order valence-electron chi connectivity index (χ2n) is 11.0. The third-order valence-electron chi connectivity index (χ3n) is 9.64. The van der Waals surface area contributed by atoms with E-state index in [1.165, 1.54) is 56.1 Å². The molecule has 0 N–H and O–H groups in total. The zero-order valence-corrected chi connectivity index (χ0v) is 18.0. The van der Waals surface area contributed by atoms with E-state index in [-0.39, 0.29) is 5.41 Å². The number of carbonyl (C=O) groups is 1. The summed E-state index contributed by atoms with van der Waals surface area (Å²) in [4.78, 5) is 13.5. The van der Waals surface area contributed by atoms with Crippen LogP contribution in [0.4, 0.5) is 0 Å². The van der Waals surface area contributed by atoms with Gasteiger partial charge < -0.3 is 0 Å². The maximum atomic E-state index is 13.5. The van der Waals surface area contributed by atoms with Gasteiger partial charge in [0.15, 0.2) is 5.78 Å². The molecule has 0 aromatic heterocycles. The summed E-state index contributed by atoms with van der Waals surface area (Å²) in [7, 11) is 0. The quantitative estimate of drug-likeness (QED) is 0.483. The summed E-state index contributed by atoms with van der Waals surface area (Å²) in [6, 6.07) is 8.64. The molecule has 1 aromatic rings. The van der Waals surface area contributed by atoms with Crippen LogP contribution in [0, 0.1) is 41.4 Å². The van der Waals surface area contributed by atoms with Crippen molar-refractivity contribution < 1.29 is 4.79 Å². The van der Waals surface area contributed by atoms with Crippen LogP contribution >= 0.6 is 0 Å². The van der Waals surface area contributed by atoms with E-state index in [0.29, 0.717) is 17.1 Å². The van der Waals surface area contributed by atoms with Gasteiger partial charge in [0.2, 0.25) is 0 Å². The SMILES string of the molecule is Cc1ccc(C=C2C[C@H]3[C@H]4CC[C@@H]5CCCC[C@]5(C)[C@@H]4CC[C@]3(C)C2=O)cc1. The van der Waals surface area contributed by atoms with E-state index in [4.69, 9.17) is 0 Å². The Morgan fingerprint density at radius 2 is 1.71 bits per heavy atom. The maximum Gasteiger partial charge on any atom is 0.165 e. The van der Waals surface area contributed by atoms with Crippen molar-refractivity contribution in [2.24, 2.45) is 34.5 Å². The molecule has 0 unspecified atom stereocenters. The van der Waals surface area contributed by atoms with Crippen molar-refractivity contribution in [3.8, 4) is 0 Å². The molecule has 4 fully saturated rings. The summed E-state index contributed by atoms with van der Waals surface area (Å²) < 4.78 is 0. The van der Waals surface area contributed by atoms with Crippen LogP contribution in [-0.2, 0) is 4.79 Å². The lowest BCUT2D eigenvalue weighted by Gasteiger charge is -2.59. The Labute approximate surface area is 171 Å². The molecule has 1 aromatic carbocycles. The van der Waals surface area contributed by atoms with Crippen molar-refractivity contribution in [1.82, 2.24) is 0 Å². The van der Waals surface area contributed by atoms with Crippen molar-refractivity contribution in [2.45, 2.75) is 78.6 Å². The van der Waals surface area contributed by atoms with Crippen LogP contribution in [0.25, 0.3) is 6.08 Å². The van der Waals surface area contributed by atoms with Crippen LogP contribution in [0.2, 0.25) is 0 Å². The first kappa shape index (κ1) is 18.6. The molecule has 4 saturated carbocycles. The van der Waals surface area contributed by atoms with Gasteiger partial charge in [-0.1, -0.05) is 56.5 Å². The zero-order valence-electron chi connectivity index (χ0n) is 18.0. The smallest absolute Gasteiger partial charge is 0.165 e. The molecule has 5 rings (SSSR count). The monoisotopic (exact) mass is 376 g/mol. The molecule has 4 aliphatic rings. The Balaban J connectivity index is 1.45. The molecule has 0 heterocycles. The van der Waals surface area contributed by atoms with Gasteiger partial charge in [-0.3, -0.25) is 4.79 Å². The van der Waals surface area contributed by atoms with E-state index < -0.39 is 0 Å². The fourth-order valence-corrected chi connectivity index (χ4v) is 7.96. The summed E-state index contributed by atoms with van der Waals surface area (Å²) in [5, 5.41) is 0. The van der Waals surface area contributed by atoms with E-state index in [2.05, 4.69) is 51.1 Å². The van der Waals surface area contributed by atoms with Crippen LogP contribution in [0.1, 0.15) is 82.8 Å². The largest absolute Gasteiger partial charge is 0.294 e. The molecule has 0 radical (unpaired) electrons. The first-order chi connectivity index (χ1) is 13.4. The number of benzene rings is 1. The molecule has 6 atom stereocenters. The molecule has 0 bridgehead atoms. The minimum absolute atomic E-state index is 0.102. The Morgan fingerprint density at radius 1 is 0.929 bits per heavy atom. The van der Waals surface area contributed by atoms with Crippen molar-refractivity contribution in [3.05, 3.63) is 41.0 Å². The van der Waals surface area contributed by atoms with Gasteiger partial charge in [0, 0.05) is 5.41 Å². The van der Waals surface area contributed by atoms with Crippen molar-refractivity contribution in [1.29, 1.82) is 0 Å². The Bertz CT molecular complexity index is 802. The summed E-state index contributed by atoms with van der Waals surface area (Å²) in [6.07, 6.45) is 14.2. The van der Waals surface area contributed by atoms with Crippen LogP contribution in [0.3, 0.4) is 0 Å². The Hall–Kier alpha value is -1.37. The predicted molar refractivity (Wildman–Crippen MR) is 116 cm³/mol. The van der Waals surface area contributed by atoms with Crippen molar-refractivity contribution in [2.75, 3.05) is 0 Å². The number of hydrogen-bond donors (Lipinski definition) is 0. The van der Waals surface area contributed by atoms with Gasteiger partial charge in [-0.25, -0.2) is 0 Å². The summed E-state index contributed by atoms with van der Waals surface area (Å²) in [5.41, 5.74) is 4.02. The van der Waals surface area contributed by atoms with Gasteiger partial charge in [0.25, 0.3) is 0 Å². The average molecular weight is 377 g/mol. The number of ketones is 1. The number of Topliss-reactive ketones (excluding diaryl/α,β-unsaturated/α-hetero) is 1. The van der Waals surface area contributed by atoms with Crippen LogP contribution in [0.15, 0.2) is 29.8 Å². The standard InChI is InChI=1S/C27H36O/c1-18-7-9-19(10-8-18)16-20-17-24-22-12-11-21-6-4-5-14-26(21,2)23(22)13-15-27(24,3)25(20)28/h7-10,16,21-24H,4-6,11-15,17H2,1-3H3/t21-,22-,23+,24-,26-,27-/m0/s1. The second kappa shape index (κ2) is 6.57. The van der Waals surface area contributed by atoms with E-state index in [1.54, 1.807) is 0 Å². The normalized spacial score (nSPS) is 44.1. The third kappa shape index (κ3) is 2.68. The van der Waals surface area contributed by atoms with Gasteiger partial charge in [-0.15, -0.1) is 0 Å². The molecule has 0 aliphatic heterocycles. The minimum atomic E-state index is -0.102. The van der Waals surface area contributed by atoms with Crippen LogP contribution in [0.5, 0.6) is 0 Å². The maximum absolute atomic E-state index is 13.5. The highest BCUT2D eigenvalue weighted by atomic mass is 16.1. The van der Waals surface area contributed by atoms with Gasteiger partial charge in [-0.2, -0.15) is 0 Å². The Kier molecular flexibility index (Phi) is 4.38. The lowest BCUT2D eigenvalue weighted by Crippen LogP contribution is -2.52. The predicted octanol–water partition coefficient (Wildman–Crippen LogP) is 6.99. The number of hydrogen-bond acceptors (Lipinski definition) is 1. The number of aryl methyl sites for hydroxylation is 1. The van der Waals surface area contributed by atoms with E-state index in [1.807, 2.05) is 0 Å². The highest BCUT2D eigenvalue weighted by Gasteiger charge is 2.60. The van der Waals surface area contributed by atoms with Gasteiger partial charge in [0.1, 0.15) is 0 Å². The zero-order chi connectivity index (χ0) is 19.5. The Morgan fingerprint density at radius 3 is 2.50 bits per heavy atom. The molecule has 0 amide bonds. The van der Waals surface area contributed by atoms with Gasteiger partial charge >= 0.3 is 0 Å². The number of rotatable bonds is 1. The molecular formula is C27H36O. The highest BCUT2D eigenvalue weighted by molar-refractivity contribution is 6.05. The fraction of sp³-hybridized carbons (Fsp3) is 0.667. The molecule has 28 heavy (non-hydrogen) atoms. The van der Waals surface area contributed by atoms with Crippen molar-refractivity contribution >= 4 is 11.9 Å². The van der Waals surface area contributed by atoms with E-state index >= 15 is 0 Å². The molecule has 0 saturated heterocycles. The summed E-state index contributed by atoms with van der Waals surface area (Å²) in [6.45, 7) is 7.05. The number of allylic oxidation sites excluding steroid dienone is 1. The molecule has 0 spiro atoms. The molecule has 4 aliphatic carbocycles. The van der Waals surface area contributed by atoms with E-state index in [9.17, 15) is 4.79 Å². The van der Waals surface area contributed by atoms with E-state index in [0.717, 1.165) is 36.2 Å². The van der Waals surface area contributed by atoms with Crippen LogP contribution in [-0.4, -0.2) is 5.78 Å². The molecule has 1 nitrogen and oxygen atoms in total. The van der Waals surface area contributed by atoms with Gasteiger partial charge in [-0.05, 0) is 98.2 Å². The second-order valence-corrected chi connectivity index (χ2v) is 11.0. The fourth-order valence-electron chi connectivity index (χ4n) is 7.96. The average Bonchev–Trinajstić information content (AvgIpc) is 2.94. The summed E-state index contributed by atoms with van der Waals surface area (Å²) in [5.74, 6) is 3.62. The molecular weight excluding hydrogens is 340 g/mol. The van der Waals surface area contributed by atoms with Crippen molar-refractivity contribution in [3.63, 3.8) is 0 Å². The lowest BCUT2D eigenvalue weighted by atomic mass is 9.45.